The SMILES string of the molecule is O=P(c1ccccc1)(c1ccccc1)C1C=C(c2ccccc2)OC(c2ccccc2)=C1. The van der Waals surface area contributed by atoms with Gasteiger partial charge >= 0.3 is 0 Å². The van der Waals surface area contributed by atoms with Crippen molar-refractivity contribution < 1.29 is 9.30 Å². The van der Waals surface area contributed by atoms with Crippen LogP contribution in [-0.2, 0) is 9.30 Å². The first-order valence-electron chi connectivity index (χ1n) is 10.7. The summed E-state index contributed by atoms with van der Waals surface area (Å²) in [6.45, 7) is 0. The van der Waals surface area contributed by atoms with Gasteiger partial charge in [-0.3, -0.25) is 0 Å². The van der Waals surface area contributed by atoms with Gasteiger partial charge in [-0.05, 0) is 12.2 Å². The molecule has 1 aliphatic rings. The summed E-state index contributed by atoms with van der Waals surface area (Å²) in [4.78, 5) is 0. The van der Waals surface area contributed by atoms with Crippen molar-refractivity contribution in [3.8, 4) is 0 Å². The molecule has 0 spiro atoms. The molecule has 4 aromatic rings. The average molecular weight is 434 g/mol. The van der Waals surface area contributed by atoms with E-state index in [1.54, 1.807) is 0 Å². The Bertz CT molecular complexity index is 1200. The van der Waals surface area contributed by atoms with Gasteiger partial charge in [0.1, 0.15) is 11.5 Å². The van der Waals surface area contributed by atoms with Crippen LogP contribution in [0.15, 0.2) is 133 Å². The molecule has 0 saturated carbocycles. The van der Waals surface area contributed by atoms with Crippen LogP contribution in [0.1, 0.15) is 11.1 Å². The molecule has 2 nitrogen and oxygen atoms in total. The largest absolute Gasteiger partial charge is 0.457 e. The monoisotopic (exact) mass is 434 g/mol. The predicted octanol–water partition coefficient (Wildman–Crippen LogP) is 6.48. The van der Waals surface area contributed by atoms with E-state index in [4.69, 9.17) is 4.74 Å². The van der Waals surface area contributed by atoms with Gasteiger partial charge in [0.05, 0.1) is 5.66 Å². The lowest BCUT2D eigenvalue weighted by Crippen LogP contribution is -2.25. The molecule has 0 N–H and O–H groups in total. The van der Waals surface area contributed by atoms with E-state index in [1.165, 1.54) is 0 Å². The zero-order valence-electron chi connectivity index (χ0n) is 17.5. The van der Waals surface area contributed by atoms with Crippen molar-refractivity contribution in [2.24, 2.45) is 0 Å². The second-order valence-electron chi connectivity index (χ2n) is 7.72. The summed E-state index contributed by atoms with van der Waals surface area (Å²) in [5.74, 6) is 1.45. The smallest absolute Gasteiger partial charge is 0.153 e. The zero-order valence-corrected chi connectivity index (χ0v) is 18.4. The Morgan fingerprint density at radius 1 is 0.500 bits per heavy atom. The summed E-state index contributed by atoms with van der Waals surface area (Å²) < 4.78 is 21.3. The van der Waals surface area contributed by atoms with Crippen LogP contribution in [0.5, 0.6) is 0 Å². The predicted molar refractivity (Wildman–Crippen MR) is 133 cm³/mol. The van der Waals surface area contributed by atoms with Crippen LogP contribution >= 0.6 is 7.14 Å². The number of allylic oxidation sites excluding steroid dienone is 2. The van der Waals surface area contributed by atoms with Crippen molar-refractivity contribution >= 4 is 29.3 Å². The Morgan fingerprint density at radius 3 is 1.22 bits per heavy atom. The summed E-state index contributed by atoms with van der Waals surface area (Å²) in [5.41, 5.74) is 1.59. The van der Waals surface area contributed by atoms with Crippen molar-refractivity contribution in [3.05, 3.63) is 145 Å². The van der Waals surface area contributed by atoms with Gasteiger partial charge < -0.3 is 9.30 Å². The Labute approximate surface area is 188 Å². The lowest BCUT2D eigenvalue weighted by molar-refractivity contribution is 0.462. The third-order valence-corrected chi connectivity index (χ3v) is 8.95. The van der Waals surface area contributed by atoms with Crippen molar-refractivity contribution in [1.82, 2.24) is 0 Å². The molecular formula is C29H23O2P. The molecule has 0 saturated heterocycles. The molecule has 1 aliphatic heterocycles. The average Bonchev–Trinajstić information content (AvgIpc) is 2.90. The van der Waals surface area contributed by atoms with E-state index in [1.807, 2.05) is 133 Å². The van der Waals surface area contributed by atoms with Crippen LogP contribution in [-0.4, -0.2) is 5.66 Å². The van der Waals surface area contributed by atoms with Crippen LogP contribution in [0, 0.1) is 0 Å². The fourth-order valence-electron chi connectivity index (χ4n) is 4.06. The Hall–Kier alpha value is -3.61. The highest BCUT2D eigenvalue weighted by Crippen LogP contribution is 2.53. The van der Waals surface area contributed by atoms with Crippen molar-refractivity contribution in [2.45, 2.75) is 5.66 Å². The molecule has 0 bridgehead atoms. The number of ether oxygens (including phenoxy) is 1. The number of rotatable bonds is 5. The van der Waals surface area contributed by atoms with E-state index in [9.17, 15) is 4.57 Å². The minimum Gasteiger partial charge on any atom is -0.457 e. The zero-order chi connectivity index (χ0) is 21.8. The normalized spacial score (nSPS) is 14.2. The number of hydrogen-bond acceptors (Lipinski definition) is 2. The molecule has 0 atom stereocenters. The van der Waals surface area contributed by atoms with Gasteiger partial charge in [-0.15, -0.1) is 0 Å². The fourth-order valence-corrected chi connectivity index (χ4v) is 6.97. The van der Waals surface area contributed by atoms with Gasteiger partial charge in [0, 0.05) is 21.7 Å². The molecule has 0 radical (unpaired) electrons. The van der Waals surface area contributed by atoms with Crippen molar-refractivity contribution in [1.29, 1.82) is 0 Å². The summed E-state index contributed by atoms with van der Waals surface area (Å²) in [6, 6.07) is 39.6. The maximum atomic E-state index is 15.0. The van der Waals surface area contributed by atoms with Crippen molar-refractivity contribution in [2.75, 3.05) is 0 Å². The van der Waals surface area contributed by atoms with Crippen molar-refractivity contribution in [3.63, 3.8) is 0 Å². The summed E-state index contributed by atoms with van der Waals surface area (Å²) in [7, 11) is -3.05. The highest BCUT2D eigenvalue weighted by molar-refractivity contribution is 7.79. The summed E-state index contributed by atoms with van der Waals surface area (Å²) in [5, 5.41) is 1.68. The fraction of sp³-hybridized carbons (Fsp3) is 0.0345. The van der Waals surface area contributed by atoms with E-state index < -0.39 is 7.14 Å². The third kappa shape index (κ3) is 3.86. The van der Waals surface area contributed by atoms with Gasteiger partial charge in [0.25, 0.3) is 0 Å². The molecule has 0 fully saturated rings. The molecule has 3 heteroatoms. The molecule has 156 valence electrons. The summed E-state index contributed by atoms with van der Waals surface area (Å²) in [6.07, 6.45) is 4.03. The molecule has 0 aliphatic carbocycles. The van der Waals surface area contributed by atoms with Gasteiger partial charge in [0.2, 0.25) is 0 Å². The number of hydrogen-bond donors (Lipinski definition) is 0. The Kier molecular flexibility index (Phi) is 5.62. The van der Waals surface area contributed by atoms with Crippen LogP contribution in [0.2, 0.25) is 0 Å². The molecule has 0 amide bonds. The second-order valence-corrected chi connectivity index (χ2v) is 10.7. The molecule has 4 aromatic carbocycles. The highest BCUT2D eigenvalue weighted by Gasteiger charge is 2.37. The molecule has 32 heavy (non-hydrogen) atoms. The summed E-state index contributed by atoms with van der Waals surface area (Å²) >= 11 is 0. The van der Waals surface area contributed by atoms with Gasteiger partial charge in [0.15, 0.2) is 7.14 Å². The number of benzene rings is 4. The molecule has 1 heterocycles. The first kappa shape index (κ1) is 20.3. The lowest BCUT2D eigenvalue weighted by atomic mass is 10.1. The van der Waals surface area contributed by atoms with E-state index in [0.717, 1.165) is 33.3 Å². The van der Waals surface area contributed by atoms with E-state index in [0.29, 0.717) is 0 Å². The first-order valence-corrected chi connectivity index (χ1v) is 12.5. The van der Waals surface area contributed by atoms with E-state index in [-0.39, 0.29) is 5.66 Å². The third-order valence-electron chi connectivity index (χ3n) is 5.68. The molecule has 0 unspecified atom stereocenters. The van der Waals surface area contributed by atoms with Crippen LogP contribution in [0.4, 0.5) is 0 Å². The Balaban J connectivity index is 1.72. The quantitative estimate of drug-likeness (QED) is 0.336. The molecule has 0 aromatic heterocycles. The van der Waals surface area contributed by atoms with Crippen LogP contribution in [0.25, 0.3) is 11.5 Å². The topological polar surface area (TPSA) is 26.3 Å². The Morgan fingerprint density at radius 2 is 0.844 bits per heavy atom. The van der Waals surface area contributed by atoms with Crippen LogP contribution < -0.4 is 10.6 Å². The minimum absolute atomic E-state index is 0.341. The maximum Gasteiger partial charge on any atom is 0.153 e. The molecular weight excluding hydrogens is 411 g/mol. The minimum atomic E-state index is -3.05. The first-order chi connectivity index (χ1) is 15.7. The van der Waals surface area contributed by atoms with Gasteiger partial charge in [-0.2, -0.15) is 0 Å². The van der Waals surface area contributed by atoms with E-state index >= 15 is 0 Å². The van der Waals surface area contributed by atoms with Crippen LogP contribution in [0.3, 0.4) is 0 Å². The highest BCUT2D eigenvalue weighted by atomic mass is 31.2. The second kappa shape index (κ2) is 8.86. The maximum absolute atomic E-state index is 15.0. The lowest BCUT2D eigenvalue weighted by Gasteiger charge is -2.29. The van der Waals surface area contributed by atoms with Gasteiger partial charge in [-0.1, -0.05) is 121 Å². The standard InChI is InChI=1S/C29H23O2P/c30-32(25-17-9-3-10-18-25,26-19-11-4-12-20-26)27-21-28(23-13-5-1-6-14-23)31-29(22-27)24-15-7-2-8-16-24/h1-22,27H. The molecule has 5 rings (SSSR count). The van der Waals surface area contributed by atoms with E-state index in [2.05, 4.69) is 0 Å². The van der Waals surface area contributed by atoms with Gasteiger partial charge in [-0.25, -0.2) is 0 Å².